The van der Waals surface area contributed by atoms with Crippen molar-refractivity contribution in [3.63, 3.8) is 0 Å². The molecule has 0 unspecified atom stereocenters. The number of para-hydroxylation sites is 2. The summed E-state index contributed by atoms with van der Waals surface area (Å²) >= 11 is 0. The largest absolute Gasteiger partial charge is 0.310 e. The molecule has 0 N–H and O–H groups in total. The van der Waals surface area contributed by atoms with Crippen LogP contribution in [0.3, 0.4) is 0 Å². The van der Waals surface area contributed by atoms with Gasteiger partial charge in [0, 0.05) is 33.2 Å². The third-order valence-electron chi connectivity index (χ3n) is 13.0. The van der Waals surface area contributed by atoms with Crippen LogP contribution >= 0.6 is 0 Å². The molecule has 0 atom stereocenters. The van der Waals surface area contributed by atoms with Gasteiger partial charge in [0.25, 0.3) is 0 Å². The zero-order valence-corrected chi connectivity index (χ0v) is 36.3. The quantitative estimate of drug-likeness (QED) is 0.141. The molecule has 11 aromatic carbocycles. The first kappa shape index (κ1) is 38.9. The molecule has 1 heterocycles. The first-order valence-corrected chi connectivity index (χ1v) is 22.7. The van der Waals surface area contributed by atoms with Crippen molar-refractivity contribution in [1.29, 1.82) is 0 Å². The third-order valence-corrected chi connectivity index (χ3v) is 13.0. The molecule has 0 spiro atoms. The fourth-order valence-corrected chi connectivity index (χ4v) is 9.64. The van der Waals surface area contributed by atoms with E-state index >= 15 is 0 Å². The van der Waals surface area contributed by atoms with Gasteiger partial charge in [-0.05, 0) is 122 Å². The first-order chi connectivity index (χ1) is 32.7. The molecular weight excluding hydrogens is 797 g/mol. The molecule has 2 heteroatoms. The monoisotopic (exact) mass is 840 g/mol. The van der Waals surface area contributed by atoms with Crippen molar-refractivity contribution in [2.75, 3.05) is 4.90 Å². The number of hydrogen-bond acceptors (Lipinski definition) is 1. The fourth-order valence-electron chi connectivity index (χ4n) is 9.64. The van der Waals surface area contributed by atoms with Crippen molar-refractivity contribution in [3.8, 4) is 61.3 Å². The van der Waals surface area contributed by atoms with Crippen LogP contribution in [0.5, 0.6) is 0 Å². The van der Waals surface area contributed by atoms with Crippen LogP contribution in [0.1, 0.15) is 0 Å². The molecule has 0 aliphatic heterocycles. The van der Waals surface area contributed by atoms with Crippen LogP contribution in [0, 0.1) is 0 Å². The molecule has 66 heavy (non-hydrogen) atoms. The predicted octanol–water partition coefficient (Wildman–Crippen LogP) is 17.7. The van der Waals surface area contributed by atoms with Gasteiger partial charge in [0.15, 0.2) is 0 Å². The Balaban J connectivity index is 0.775. The zero-order chi connectivity index (χ0) is 43.8. The van der Waals surface area contributed by atoms with E-state index in [2.05, 4.69) is 276 Å². The lowest BCUT2D eigenvalue weighted by Gasteiger charge is -2.27. The van der Waals surface area contributed by atoms with Gasteiger partial charge in [0.1, 0.15) is 0 Å². The second-order valence-electron chi connectivity index (χ2n) is 16.9. The number of aromatic nitrogens is 1. The van der Waals surface area contributed by atoms with Crippen molar-refractivity contribution in [2.24, 2.45) is 0 Å². The summed E-state index contributed by atoms with van der Waals surface area (Å²) in [5.41, 5.74) is 19.0. The molecule has 0 saturated carbocycles. The van der Waals surface area contributed by atoms with Gasteiger partial charge in [0.2, 0.25) is 0 Å². The summed E-state index contributed by atoms with van der Waals surface area (Å²) in [6, 6.07) is 96.6. The maximum atomic E-state index is 2.37. The highest BCUT2D eigenvalue weighted by molar-refractivity contribution is 6.10. The van der Waals surface area contributed by atoms with Gasteiger partial charge >= 0.3 is 0 Å². The summed E-state index contributed by atoms with van der Waals surface area (Å²) < 4.78 is 2.36. The second-order valence-corrected chi connectivity index (χ2v) is 16.9. The molecule has 1 aromatic heterocycles. The van der Waals surface area contributed by atoms with Gasteiger partial charge in [-0.2, -0.15) is 0 Å². The van der Waals surface area contributed by atoms with Gasteiger partial charge < -0.3 is 9.47 Å². The summed E-state index contributed by atoms with van der Waals surface area (Å²) in [5.74, 6) is 0. The Hall–Kier alpha value is -8.72. The highest BCUT2D eigenvalue weighted by Gasteiger charge is 2.17. The van der Waals surface area contributed by atoms with E-state index in [0.717, 1.165) is 17.1 Å². The van der Waals surface area contributed by atoms with Gasteiger partial charge in [-0.3, -0.25) is 0 Å². The van der Waals surface area contributed by atoms with E-state index in [4.69, 9.17) is 0 Å². The maximum absolute atomic E-state index is 2.37. The summed E-state index contributed by atoms with van der Waals surface area (Å²) in [7, 11) is 0. The molecule has 0 bridgehead atoms. The van der Waals surface area contributed by atoms with E-state index in [1.165, 1.54) is 93.9 Å². The van der Waals surface area contributed by atoms with Crippen LogP contribution < -0.4 is 4.90 Å². The highest BCUT2D eigenvalue weighted by atomic mass is 15.1. The summed E-state index contributed by atoms with van der Waals surface area (Å²) in [6.45, 7) is 0. The Bertz CT molecular complexity index is 3620. The molecule has 0 amide bonds. The number of fused-ring (bicyclic) bond motifs is 4. The molecule has 0 aliphatic carbocycles. The average molecular weight is 841 g/mol. The predicted molar refractivity (Wildman–Crippen MR) is 280 cm³/mol. The Morgan fingerprint density at radius 1 is 0.242 bits per heavy atom. The molecule has 0 radical (unpaired) electrons. The second kappa shape index (κ2) is 16.8. The molecule has 0 aliphatic rings. The SMILES string of the molecule is c1ccc(-c2ccc(N(c3ccc(-c4ccc(-c5ccc(-c6ccc(-c7ccc8c(c7)c7ccccc7n8-c7ccccc7)cc6)cc5)cc4)cc3)c3cccc4ccccc34)cc2)cc1. The number of nitrogens with zero attached hydrogens (tertiary/aromatic N) is 2. The van der Waals surface area contributed by atoms with Crippen LogP contribution in [0.15, 0.2) is 267 Å². The van der Waals surface area contributed by atoms with Crippen LogP contribution in [0.2, 0.25) is 0 Å². The fraction of sp³-hybridized carbons (Fsp3) is 0. The molecular formula is C64H44N2. The maximum Gasteiger partial charge on any atom is 0.0541 e. The lowest BCUT2D eigenvalue weighted by atomic mass is 9.96. The van der Waals surface area contributed by atoms with Crippen molar-refractivity contribution in [3.05, 3.63) is 267 Å². The minimum Gasteiger partial charge on any atom is -0.310 e. The molecule has 0 saturated heterocycles. The Kier molecular flexibility index (Phi) is 9.89. The van der Waals surface area contributed by atoms with E-state index in [1.807, 2.05) is 0 Å². The van der Waals surface area contributed by atoms with Crippen molar-refractivity contribution in [1.82, 2.24) is 4.57 Å². The normalized spacial score (nSPS) is 11.3. The van der Waals surface area contributed by atoms with Crippen LogP contribution in [-0.2, 0) is 0 Å². The van der Waals surface area contributed by atoms with Crippen LogP contribution in [0.25, 0.3) is 93.9 Å². The number of benzene rings is 11. The van der Waals surface area contributed by atoms with Crippen molar-refractivity contribution in [2.45, 2.75) is 0 Å². The van der Waals surface area contributed by atoms with Gasteiger partial charge in [-0.1, -0.05) is 206 Å². The minimum absolute atomic E-state index is 1.11. The average Bonchev–Trinajstić information content (AvgIpc) is 3.74. The summed E-state index contributed by atoms with van der Waals surface area (Å²) in [4.78, 5) is 2.37. The van der Waals surface area contributed by atoms with E-state index in [0.29, 0.717) is 0 Å². The lowest BCUT2D eigenvalue weighted by molar-refractivity contribution is 1.18. The number of anilines is 3. The number of rotatable bonds is 9. The third kappa shape index (κ3) is 7.21. The van der Waals surface area contributed by atoms with E-state index in [9.17, 15) is 0 Å². The minimum atomic E-state index is 1.11. The topological polar surface area (TPSA) is 8.17 Å². The number of hydrogen-bond donors (Lipinski definition) is 0. The van der Waals surface area contributed by atoms with Gasteiger partial charge in [0.05, 0.1) is 16.7 Å². The summed E-state index contributed by atoms with van der Waals surface area (Å²) in [5, 5.41) is 4.96. The van der Waals surface area contributed by atoms with E-state index < -0.39 is 0 Å². The molecule has 12 rings (SSSR count). The molecule has 310 valence electrons. The van der Waals surface area contributed by atoms with Crippen molar-refractivity contribution >= 4 is 49.6 Å². The van der Waals surface area contributed by atoms with Crippen molar-refractivity contribution < 1.29 is 0 Å². The Morgan fingerprint density at radius 3 is 1.17 bits per heavy atom. The smallest absolute Gasteiger partial charge is 0.0541 e. The first-order valence-electron chi connectivity index (χ1n) is 22.7. The molecule has 12 aromatic rings. The summed E-state index contributed by atoms with van der Waals surface area (Å²) in [6.07, 6.45) is 0. The van der Waals surface area contributed by atoms with Gasteiger partial charge in [-0.25, -0.2) is 0 Å². The van der Waals surface area contributed by atoms with E-state index in [1.54, 1.807) is 0 Å². The Morgan fingerprint density at radius 2 is 0.621 bits per heavy atom. The van der Waals surface area contributed by atoms with Gasteiger partial charge in [-0.15, -0.1) is 0 Å². The Labute approximate surface area is 385 Å². The molecule has 0 fully saturated rings. The zero-order valence-electron chi connectivity index (χ0n) is 36.3. The van der Waals surface area contributed by atoms with E-state index in [-0.39, 0.29) is 0 Å². The highest BCUT2D eigenvalue weighted by Crippen LogP contribution is 2.41. The lowest BCUT2D eigenvalue weighted by Crippen LogP contribution is -2.10. The molecule has 2 nitrogen and oxygen atoms in total. The van der Waals surface area contributed by atoms with Crippen LogP contribution in [0.4, 0.5) is 17.1 Å². The van der Waals surface area contributed by atoms with Crippen LogP contribution in [-0.4, -0.2) is 4.57 Å². The standard InChI is InChI=1S/C64H44N2/c1-3-12-45(13-4-1)51-34-39-57(40-35-51)65(62-21-11-15-54-14-7-8-18-59(54)62)58-41-36-52(37-42-58)50-28-26-47(27-29-50)46-22-24-48(25-23-46)49-30-32-53(33-31-49)55-38-43-64-61(44-55)60-19-9-10-20-63(60)66(64)56-16-5-2-6-17-56/h1-44H.